The second kappa shape index (κ2) is 9.71. The van der Waals surface area contributed by atoms with Crippen molar-refractivity contribution in [3.05, 3.63) is 72.3 Å². The molecule has 9 heteroatoms. The van der Waals surface area contributed by atoms with Gasteiger partial charge in [0, 0.05) is 42.1 Å². The van der Waals surface area contributed by atoms with Crippen molar-refractivity contribution in [1.29, 1.82) is 0 Å². The number of ether oxygens (including phenoxy) is 2. The van der Waals surface area contributed by atoms with Gasteiger partial charge < -0.3 is 19.7 Å². The molecule has 0 aliphatic carbocycles. The molecule has 2 aromatic carbocycles. The minimum atomic E-state index is -0.504. The molecule has 0 radical (unpaired) electrons. The SMILES string of the molecule is CC(C)Oc1ccc(Nc2ncc3ccn(-c4ccc(C(=O)N5CCOCC5)cc4F)c3n2)cc1. The first kappa shape index (κ1) is 22.8. The molecular formula is C26H26FN5O3. The second-order valence-electron chi connectivity index (χ2n) is 8.55. The number of morpholine rings is 1. The number of nitrogens with one attached hydrogen (secondary N) is 1. The van der Waals surface area contributed by atoms with Crippen molar-refractivity contribution in [2.24, 2.45) is 0 Å². The van der Waals surface area contributed by atoms with Crippen LogP contribution in [0, 0.1) is 5.82 Å². The zero-order chi connectivity index (χ0) is 24.4. The molecule has 0 saturated carbocycles. The summed E-state index contributed by atoms with van der Waals surface area (Å²) in [4.78, 5) is 23.4. The van der Waals surface area contributed by atoms with E-state index >= 15 is 4.39 Å². The fraction of sp³-hybridized carbons (Fsp3) is 0.269. The largest absolute Gasteiger partial charge is 0.491 e. The predicted octanol–water partition coefficient (Wildman–Crippen LogP) is 4.56. The van der Waals surface area contributed by atoms with Crippen molar-refractivity contribution >= 4 is 28.6 Å². The van der Waals surface area contributed by atoms with Crippen LogP contribution in [-0.2, 0) is 4.74 Å². The molecule has 4 aromatic rings. The summed E-state index contributed by atoms with van der Waals surface area (Å²) < 4.78 is 27.8. The highest BCUT2D eigenvalue weighted by atomic mass is 19.1. The minimum absolute atomic E-state index is 0.0966. The van der Waals surface area contributed by atoms with E-state index in [0.29, 0.717) is 49.1 Å². The Morgan fingerprint density at radius 3 is 2.60 bits per heavy atom. The molecule has 1 fully saturated rings. The van der Waals surface area contributed by atoms with Crippen LogP contribution in [-0.4, -0.2) is 57.7 Å². The molecule has 0 bridgehead atoms. The number of hydrogen-bond donors (Lipinski definition) is 1. The summed E-state index contributed by atoms with van der Waals surface area (Å²) in [6, 6.07) is 13.9. The van der Waals surface area contributed by atoms with Crippen molar-refractivity contribution in [3.63, 3.8) is 0 Å². The van der Waals surface area contributed by atoms with Gasteiger partial charge in [0.1, 0.15) is 17.2 Å². The lowest BCUT2D eigenvalue weighted by atomic mass is 10.1. The Hall–Kier alpha value is -3.98. The molecule has 8 nitrogen and oxygen atoms in total. The maximum absolute atomic E-state index is 15.2. The number of amides is 1. The standard InChI is InChI=1S/C26H26FN5O3/c1-17(2)35-21-6-4-20(5-7-21)29-26-28-16-19-9-10-32(24(19)30-26)23-8-3-18(15-22(23)27)25(33)31-11-13-34-14-12-31/h3-10,15-17H,11-14H2,1-2H3,(H,28,29,30). The Bertz CT molecular complexity index is 1350. The second-order valence-corrected chi connectivity index (χ2v) is 8.55. The van der Waals surface area contributed by atoms with E-state index < -0.39 is 5.82 Å². The number of nitrogens with zero attached hydrogens (tertiary/aromatic N) is 4. The average molecular weight is 476 g/mol. The van der Waals surface area contributed by atoms with Crippen molar-refractivity contribution in [3.8, 4) is 11.4 Å². The summed E-state index contributed by atoms with van der Waals surface area (Å²) in [7, 11) is 0. The van der Waals surface area contributed by atoms with Crippen molar-refractivity contribution in [2.45, 2.75) is 20.0 Å². The molecule has 5 rings (SSSR count). The Labute approximate surface area is 202 Å². The highest BCUT2D eigenvalue weighted by Crippen LogP contribution is 2.25. The van der Waals surface area contributed by atoms with Crippen LogP contribution in [0.4, 0.5) is 16.0 Å². The summed E-state index contributed by atoms with van der Waals surface area (Å²) >= 11 is 0. The third-order valence-electron chi connectivity index (χ3n) is 5.66. The molecule has 1 aliphatic rings. The summed E-state index contributed by atoms with van der Waals surface area (Å²) in [6.07, 6.45) is 3.52. The number of hydrogen-bond acceptors (Lipinski definition) is 6. The Kier molecular flexibility index (Phi) is 6.33. The summed E-state index contributed by atoms with van der Waals surface area (Å²) in [5.41, 5.74) is 1.97. The first-order valence-corrected chi connectivity index (χ1v) is 11.5. The number of anilines is 2. The fourth-order valence-corrected chi connectivity index (χ4v) is 3.98. The van der Waals surface area contributed by atoms with E-state index in [2.05, 4.69) is 15.3 Å². The minimum Gasteiger partial charge on any atom is -0.491 e. The monoisotopic (exact) mass is 475 g/mol. The molecule has 3 heterocycles. The van der Waals surface area contributed by atoms with Gasteiger partial charge in [-0.15, -0.1) is 0 Å². The Morgan fingerprint density at radius 1 is 1.11 bits per heavy atom. The van der Waals surface area contributed by atoms with Crippen LogP contribution >= 0.6 is 0 Å². The number of halogens is 1. The van der Waals surface area contributed by atoms with Crippen LogP contribution in [0.5, 0.6) is 5.75 Å². The molecule has 0 unspecified atom stereocenters. The molecule has 180 valence electrons. The zero-order valence-electron chi connectivity index (χ0n) is 19.6. The predicted molar refractivity (Wildman–Crippen MR) is 131 cm³/mol. The number of benzene rings is 2. The fourth-order valence-electron chi connectivity index (χ4n) is 3.98. The molecule has 1 saturated heterocycles. The van der Waals surface area contributed by atoms with Gasteiger partial charge in [0.05, 0.1) is 25.0 Å². The number of fused-ring (bicyclic) bond motifs is 1. The van der Waals surface area contributed by atoms with Gasteiger partial charge in [-0.3, -0.25) is 9.36 Å². The quantitative estimate of drug-likeness (QED) is 0.440. The smallest absolute Gasteiger partial charge is 0.254 e. The molecule has 35 heavy (non-hydrogen) atoms. The van der Waals surface area contributed by atoms with Crippen LogP contribution in [0.3, 0.4) is 0 Å². The van der Waals surface area contributed by atoms with Gasteiger partial charge in [-0.1, -0.05) is 0 Å². The van der Waals surface area contributed by atoms with Crippen LogP contribution in [0.1, 0.15) is 24.2 Å². The average Bonchev–Trinajstić information content (AvgIpc) is 3.28. The summed E-state index contributed by atoms with van der Waals surface area (Å²) in [5.74, 6) is 0.460. The van der Waals surface area contributed by atoms with Gasteiger partial charge in [0.25, 0.3) is 5.91 Å². The van der Waals surface area contributed by atoms with Crippen molar-refractivity contribution < 1.29 is 18.7 Å². The summed E-state index contributed by atoms with van der Waals surface area (Å²) in [6.45, 7) is 5.95. The van der Waals surface area contributed by atoms with E-state index in [1.54, 1.807) is 34.0 Å². The maximum Gasteiger partial charge on any atom is 0.254 e. The van der Waals surface area contributed by atoms with Gasteiger partial charge in [0.15, 0.2) is 0 Å². The summed E-state index contributed by atoms with van der Waals surface area (Å²) in [5, 5.41) is 3.94. The van der Waals surface area contributed by atoms with Crippen LogP contribution in [0.25, 0.3) is 16.7 Å². The van der Waals surface area contributed by atoms with E-state index in [9.17, 15) is 4.79 Å². The van der Waals surface area contributed by atoms with Gasteiger partial charge in [-0.05, 0) is 62.4 Å². The third kappa shape index (κ3) is 4.95. The van der Waals surface area contributed by atoms with Crippen LogP contribution in [0.15, 0.2) is 60.9 Å². The number of carbonyl (C=O) groups is 1. The van der Waals surface area contributed by atoms with Gasteiger partial charge in [-0.2, -0.15) is 4.98 Å². The van der Waals surface area contributed by atoms with Crippen LogP contribution in [0.2, 0.25) is 0 Å². The van der Waals surface area contributed by atoms with Crippen LogP contribution < -0.4 is 10.1 Å². The van der Waals surface area contributed by atoms with E-state index in [4.69, 9.17) is 9.47 Å². The van der Waals surface area contributed by atoms with E-state index in [0.717, 1.165) is 16.8 Å². The van der Waals surface area contributed by atoms with Gasteiger partial charge in [0.2, 0.25) is 5.95 Å². The lowest BCUT2D eigenvalue weighted by molar-refractivity contribution is 0.0302. The molecule has 1 aliphatic heterocycles. The zero-order valence-corrected chi connectivity index (χ0v) is 19.6. The van der Waals surface area contributed by atoms with E-state index in [1.807, 2.05) is 44.2 Å². The lowest BCUT2D eigenvalue weighted by Crippen LogP contribution is -2.40. The first-order chi connectivity index (χ1) is 17.0. The molecule has 1 amide bonds. The molecular weight excluding hydrogens is 449 g/mol. The Morgan fingerprint density at radius 2 is 1.89 bits per heavy atom. The first-order valence-electron chi connectivity index (χ1n) is 11.5. The van der Waals surface area contributed by atoms with E-state index in [-0.39, 0.29) is 12.0 Å². The van der Waals surface area contributed by atoms with Crippen molar-refractivity contribution in [2.75, 3.05) is 31.6 Å². The van der Waals surface area contributed by atoms with E-state index in [1.165, 1.54) is 6.07 Å². The van der Waals surface area contributed by atoms with Gasteiger partial charge in [-0.25, -0.2) is 9.37 Å². The lowest BCUT2D eigenvalue weighted by Gasteiger charge is -2.27. The maximum atomic E-state index is 15.2. The number of rotatable bonds is 6. The number of aromatic nitrogens is 3. The molecule has 2 aromatic heterocycles. The third-order valence-corrected chi connectivity index (χ3v) is 5.66. The molecule has 0 atom stereocenters. The van der Waals surface area contributed by atoms with Gasteiger partial charge >= 0.3 is 0 Å². The Balaban J connectivity index is 1.39. The van der Waals surface area contributed by atoms with Crippen molar-refractivity contribution in [1.82, 2.24) is 19.4 Å². The topological polar surface area (TPSA) is 81.5 Å². The number of carbonyl (C=O) groups excluding carboxylic acids is 1. The highest BCUT2D eigenvalue weighted by Gasteiger charge is 2.20. The highest BCUT2D eigenvalue weighted by molar-refractivity contribution is 5.94. The molecule has 0 spiro atoms. The molecule has 1 N–H and O–H groups in total. The normalized spacial score (nSPS) is 13.9.